The average Bonchev–Trinajstić information content (AvgIpc) is 3.08. The van der Waals surface area contributed by atoms with Gasteiger partial charge in [-0.05, 0) is 71.9 Å². The molecule has 0 bridgehead atoms. The van der Waals surface area contributed by atoms with E-state index in [-0.39, 0.29) is 18.1 Å². The van der Waals surface area contributed by atoms with Gasteiger partial charge in [0.1, 0.15) is 0 Å². The zero-order chi connectivity index (χ0) is 28.8. The van der Waals surface area contributed by atoms with Gasteiger partial charge in [-0.25, -0.2) is 0 Å². The Labute approximate surface area is 256 Å². The molecule has 0 saturated heterocycles. The van der Waals surface area contributed by atoms with Gasteiger partial charge < -0.3 is 5.32 Å². The fourth-order valence-electron chi connectivity index (χ4n) is 7.21. The minimum atomic E-state index is 0.131. The predicted octanol–water partition coefficient (Wildman–Crippen LogP) is 8.64. The molecule has 0 amide bonds. The van der Waals surface area contributed by atoms with E-state index in [0.29, 0.717) is 5.92 Å². The number of benzene rings is 4. The smallest absolute Gasteiger partial charge is 0.0609 e. The van der Waals surface area contributed by atoms with Gasteiger partial charge in [-0.2, -0.15) is 0 Å². The van der Waals surface area contributed by atoms with Crippen molar-refractivity contribution >= 4 is 0 Å². The van der Waals surface area contributed by atoms with Gasteiger partial charge in [-0.15, -0.1) is 0 Å². The van der Waals surface area contributed by atoms with Gasteiger partial charge in [0.2, 0.25) is 0 Å². The first kappa shape index (κ1) is 27.8. The molecule has 2 aliphatic rings. The summed E-state index contributed by atoms with van der Waals surface area (Å²) in [5.41, 5.74) is 10.7. The van der Waals surface area contributed by atoms with Crippen LogP contribution >= 0.6 is 0 Å². The number of fused-ring (bicyclic) bond motifs is 2. The van der Waals surface area contributed by atoms with E-state index in [2.05, 4.69) is 138 Å². The second-order valence-corrected chi connectivity index (χ2v) is 12.2. The van der Waals surface area contributed by atoms with Crippen LogP contribution in [0.25, 0.3) is 0 Å². The van der Waals surface area contributed by atoms with Crippen molar-refractivity contribution < 1.29 is 0 Å². The lowest BCUT2D eigenvalue weighted by Crippen LogP contribution is -2.33. The number of nitrogens with one attached hydrogen (secondary N) is 2. The maximum Gasteiger partial charge on any atom is 0.0609 e. The summed E-state index contributed by atoms with van der Waals surface area (Å²) in [6.45, 7) is 0.919. The molecule has 5 aromatic rings. The van der Waals surface area contributed by atoms with Crippen molar-refractivity contribution in [2.75, 3.05) is 6.54 Å². The van der Waals surface area contributed by atoms with Crippen molar-refractivity contribution in [3.63, 3.8) is 0 Å². The molecule has 3 heteroatoms. The number of aromatic nitrogens is 1. The van der Waals surface area contributed by atoms with Crippen LogP contribution in [0.2, 0.25) is 0 Å². The topological polar surface area (TPSA) is 37.0 Å². The minimum Gasteiger partial charge on any atom is -0.306 e. The summed E-state index contributed by atoms with van der Waals surface area (Å²) >= 11 is 0. The van der Waals surface area contributed by atoms with E-state index >= 15 is 0 Å². The highest BCUT2D eigenvalue weighted by atomic mass is 15.0. The summed E-state index contributed by atoms with van der Waals surface area (Å²) < 4.78 is 0. The van der Waals surface area contributed by atoms with Crippen LogP contribution in [-0.2, 0) is 12.8 Å². The quantitative estimate of drug-likeness (QED) is 0.188. The molecule has 1 aromatic heterocycles. The summed E-state index contributed by atoms with van der Waals surface area (Å²) in [5.74, 6) is 0.408. The first-order valence-corrected chi connectivity index (χ1v) is 16.1. The molecule has 0 spiro atoms. The van der Waals surface area contributed by atoms with Crippen molar-refractivity contribution in [1.82, 2.24) is 15.6 Å². The van der Waals surface area contributed by atoms with Gasteiger partial charge in [-0.3, -0.25) is 10.3 Å². The Hall–Kier alpha value is -4.05. The van der Waals surface area contributed by atoms with Gasteiger partial charge in [0.25, 0.3) is 0 Å². The fourth-order valence-corrected chi connectivity index (χ4v) is 7.21. The molecule has 0 aliphatic heterocycles. The Morgan fingerprint density at radius 1 is 0.558 bits per heavy atom. The SMILES string of the molecule is c1ccc(C(NCC2CCCc3cc4c(nc32)C(NC(c2ccccc2)c2ccccc2)CCC4)c2ccccc2)cc1. The van der Waals surface area contributed by atoms with E-state index < -0.39 is 0 Å². The molecule has 4 aromatic carbocycles. The van der Waals surface area contributed by atoms with E-state index in [0.717, 1.165) is 25.8 Å². The number of pyridine rings is 1. The molecule has 1 heterocycles. The molecule has 0 radical (unpaired) electrons. The van der Waals surface area contributed by atoms with Gasteiger partial charge in [-0.1, -0.05) is 127 Å². The number of hydrogen-bond donors (Lipinski definition) is 2. The normalized spacial score (nSPS) is 17.9. The van der Waals surface area contributed by atoms with E-state index in [1.807, 2.05) is 0 Å². The Kier molecular flexibility index (Phi) is 8.44. The summed E-state index contributed by atoms with van der Waals surface area (Å²) in [5, 5.41) is 8.06. The Balaban J connectivity index is 1.17. The molecule has 2 atom stereocenters. The summed E-state index contributed by atoms with van der Waals surface area (Å²) in [6, 6.07) is 46.5. The average molecular weight is 564 g/mol. The van der Waals surface area contributed by atoms with Crippen LogP contribution in [0, 0.1) is 0 Å². The van der Waals surface area contributed by atoms with E-state index in [1.165, 1.54) is 64.0 Å². The zero-order valence-electron chi connectivity index (χ0n) is 24.8. The standard InChI is InChI=1S/C40H41N3/c1-5-15-29(16-6-1)37(30-17-7-2-8-18-30)41-28-35-25-13-23-33-27-34-24-14-26-36(40(34)43-39(33)35)42-38(31-19-9-3-10-20-31)32-21-11-4-12-22-32/h1-12,15-22,27,35-38,41-42H,13-14,23-26,28H2. The molecule has 2 N–H and O–H groups in total. The lowest BCUT2D eigenvalue weighted by molar-refractivity contribution is 0.410. The van der Waals surface area contributed by atoms with Crippen molar-refractivity contribution in [1.29, 1.82) is 0 Å². The van der Waals surface area contributed by atoms with Gasteiger partial charge in [0.15, 0.2) is 0 Å². The van der Waals surface area contributed by atoms with Crippen LogP contribution in [0.3, 0.4) is 0 Å². The molecule has 2 unspecified atom stereocenters. The molecule has 0 fully saturated rings. The molecular formula is C40H41N3. The fraction of sp³-hybridized carbons (Fsp3) is 0.275. The first-order valence-electron chi connectivity index (χ1n) is 16.1. The highest BCUT2D eigenvalue weighted by Gasteiger charge is 2.30. The Morgan fingerprint density at radius 3 is 1.56 bits per heavy atom. The number of aryl methyl sites for hydroxylation is 2. The van der Waals surface area contributed by atoms with E-state index in [1.54, 1.807) is 0 Å². The zero-order valence-corrected chi connectivity index (χ0v) is 24.8. The van der Waals surface area contributed by atoms with Gasteiger partial charge in [0, 0.05) is 18.2 Å². The third-order valence-corrected chi connectivity index (χ3v) is 9.37. The second kappa shape index (κ2) is 13.1. The highest BCUT2D eigenvalue weighted by molar-refractivity contribution is 5.39. The third-order valence-electron chi connectivity index (χ3n) is 9.37. The van der Waals surface area contributed by atoms with Crippen LogP contribution in [0.5, 0.6) is 0 Å². The van der Waals surface area contributed by atoms with Crippen molar-refractivity contribution in [3.8, 4) is 0 Å². The van der Waals surface area contributed by atoms with Crippen LogP contribution in [0.4, 0.5) is 0 Å². The molecule has 0 saturated carbocycles. The lowest BCUT2D eigenvalue weighted by Gasteiger charge is -2.34. The van der Waals surface area contributed by atoms with Crippen molar-refractivity contribution in [2.24, 2.45) is 0 Å². The lowest BCUT2D eigenvalue weighted by atomic mass is 9.82. The van der Waals surface area contributed by atoms with Crippen LogP contribution in [0.1, 0.15) is 94.5 Å². The number of hydrogen-bond acceptors (Lipinski definition) is 3. The van der Waals surface area contributed by atoms with E-state index in [4.69, 9.17) is 4.98 Å². The largest absolute Gasteiger partial charge is 0.306 e. The molecular weight excluding hydrogens is 522 g/mol. The molecule has 7 rings (SSSR count). The summed E-state index contributed by atoms with van der Waals surface area (Å²) in [6.07, 6.45) is 6.98. The van der Waals surface area contributed by atoms with Crippen LogP contribution in [0.15, 0.2) is 127 Å². The monoisotopic (exact) mass is 563 g/mol. The summed E-state index contributed by atoms with van der Waals surface area (Å²) in [4.78, 5) is 5.58. The highest BCUT2D eigenvalue weighted by Crippen LogP contribution is 2.38. The van der Waals surface area contributed by atoms with Crippen molar-refractivity contribution in [2.45, 2.75) is 62.6 Å². The van der Waals surface area contributed by atoms with Gasteiger partial charge >= 0.3 is 0 Å². The van der Waals surface area contributed by atoms with E-state index in [9.17, 15) is 0 Å². The summed E-state index contributed by atoms with van der Waals surface area (Å²) in [7, 11) is 0. The Morgan fingerprint density at radius 2 is 1.02 bits per heavy atom. The molecule has 43 heavy (non-hydrogen) atoms. The molecule has 2 aliphatic carbocycles. The number of nitrogens with zero attached hydrogens (tertiary/aromatic N) is 1. The molecule has 216 valence electrons. The first-order chi connectivity index (χ1) is 21.3. The van der Waals surface area contributed by atoms with Crippen molar-refractivity contribution in [3.05, 3.63) is 172 Å². The third kappa shape index (κ3) is 6.20. The Bertz CT molecular complexity index is 1520. The maximum absolute atomic E-state index is 5.58. The minimum absolute atomic E-state index is 0.131. The van der Waals surface area contributed by atoms with Crippen LogP contribution < -0.4 is 10.6 Å². The molecule has 3 nitrogen and oxygen atoms in total. The maximum atomic E-state index is 5.58. The predicted molar refractivity (Wildman–Crippen MR) is 176 cm³/mol. The second-order valence-electron chi connectivity index (χ2n) is 12.2. The van der Waals surface area contributed by atoms with Crippen LogP contribution in [-0.4, -0.2) is 11.5 Å². The number of rotatable bonds is 9. The van der Waals surface area contributed by atoms with Gasteiger partial charge in [0.05, 0.1) is 23.8 Å².